The molecule has 1 N–H and O–H groups in total. The summed E-state index contributed by atoms with van der Waals surface area (Å²) in [5.41, 5.74) is 2.81. The molecule has 1 aromatic rings. The minimum Gasteiger partial charge on any atom is -0.395 e. The number of aliphatic hydroxyl groups excluding tert-OH is 1. The fraction of sp³-hybridized carbons (Fsp3) is 0.720. The van der Waals surface area contributed by atoms with E-state index in [4.69, 9.17) is 4.99 Å². The van der Waals surface area contributed by atoms with Gasteiger partial charge < -0.3 is 9.67 Å². The maximum Gasteiger partial charge on any atom is 0.257 e. The summed E-state index contributed by atoms with van der Waals surface area (Å²) in [6, 6.07) is 0.386. The monoisotopic (exact) mass is 457 g/mol. The third kappa shape index (κ3) is 4.14. The van der Waals surface area contributed by atoms with Crippen molar-refractivity contribution in [1.82, 2.24) is 9.47 Å². The van der Waals surface area contributed by atoms with Crippen molar-refractivity contribution in [3.63, 3.8) is 0 Å². The third-order valence-corrected chi connectivity index (χ3v) is 8.77. The van der Waals surface area contributed by atoms with E-state index < -0.39 is 0 Å². The lowest BCUT2D eigenvalue weighted by atomic mass is 9.83. The van der Waals surface area contributed by atoms with Gasteiger partial charge in [-0.05, 0) is 57.8 Å². The van der Waals surface area contributed by atoms with E-state index in [1.807, 2.05) is 0 Å². The predicted molar refractivity (Wildman–Crippen MR) is 124 cm³/mol. The standard InChI is InChI=1S/C25H35N3O3S/c29-14-13-27-22(16-32-25(27)26-18-8-2-1-3-9-18)17-7-6-10-19(15-17)28-23(30)20-11-4-5-12-21(20)24(28)31/h16-19,29H,1-15H2. The normalized spacial score (nSPS) is 28.0. The van der Waals surface area contributed by atoms with Gasteiger partial charge in [-0.3, -0.25) is 19.5 Å². The first-order valence-electron chi connectivity index (χ1n) is 12.6. The molecule has 0 saturated heterocycles. The maximum atomic E-state index is 13.1. The topological polar surface area (TPSA) is 74.9 Å². The Balaban J connectivity index is 1.37. The van der Waals surface area contributed by atoms with Gasteiger partial charge in [-0.2, -0.15) is 0 Å². The minimum absolute atomic E-state index is 0.0134. The summed E-state index contributed by atoms with van der Waals surface area (Å²) in [5.74, 6) is 0.263. The van der Waals surface area contributed by atoms with E-state index in [0.29, 0.717) is 18.5 Å². The van der Waals surface area contributed by atoms with Gasteiger partial charge in [0.25, 0.3) is 11.8 Å². The number of amides is 2. The average molecular weight is 458 g/mol. The van der Waals surface area contributed by atoms with E-state index in [1.54, 1.807) is 16.2 Å². The molecule has 0 bridgehead atoms. The summed E-state index contributed by atoms with van der Waals surface area (Å²) in [7, 11) is 0. The van der Waals surface area contributed by atoms with Gasteiger partial charge in [0, 0.05) is 40.7 Å². The average Bonchev–Trinajstić information content (AvgIpc) is 3.33. The number of aromatic nitrogens is 1. The second-order valence-electron chi connectivity index (χ2n) is 9.90. The quantitative estimate of drug-likeness (QED) is 0.678. The van der Waals surface area contributed by atoms with Crippen molar-refractivity contribution in [3.05, 3.63) is 27.0 Å². The van der Waals surface area contributed by atoms with Gasteiger partial charge in [0.05, 0.1) is 12.6 Å². The third-order valence-electron chi connectivity index (χ3n) is 7.87. The summed E-state index contributed by atoms with van der Waals surface area (Å²) in [6.07, 6.45) is 13.5. The van der Waals surface area contributed by atoms with Gasteiger partial charge >= 0.3 is 0 Å². The van der Waals surface area contributed by atoms with Crippen molar-refractivity contribution in [2.75, 3.05) is 6.61 Å². The SMILES string of the molecule is O=C1C2=C(CCCC2)C(=O)N1C1CCCC(c2csc(=NC3CCCCC3)n2CCO)C1. The van der Waals surface area contributed by atoms with Crippen LogP contribution in [0.5, 0.6) is 0 Å². The molecule has 0 spiro atoms. The number of carbonyl (C=O) groups excluding carboxylic acids is 2. The van der Waals surface area contributed by atoms with E-state index in [2.05, 4.69) is 9.95 Å². The van der Waals surface area contributed by atoms with E-state index in [9.17, 15) is 14.7 Å². The number of hydrogen-bond donors (Lipinski definition) is 1. The van der Waals surface area contributed by atoms with Gasteiger partial charge in [0.2, 0.25) is 0 Å². The fourth-order valence-electron chi connectivity index (χ4n) is 6.22. The molecular formula is C25H35N3O3S. The Morgan fingerprint density at radius 1 is 0.938 bits per heavy atom. The van der Waals surface area contributed by atoms with Crippen LogP contribution < -0.4 is 4.80 Å². The fourth-order valence-corrected chi connectivity index (χ4v) is 7.30. The summed E-state index contributed by atoms with van der Waals surface area (Å²) in [5, 5.41) is 12.0. The lowest BCUT2D eigenvalue weighted by Crippen LogP contribution is -2.43. The van der Waals surface area contributed by atoms with E-state index in [1.165, 1.54) is 25.0 Å². The number of nitrogens with zero attached hydrogens (tertiary/aromatic N) is 3. The van der Waals surface area contributed by atoms with Crippen LogP contribution in [0.4, 0.5) is 0 Å². The van der Waals surface area contributed by atoms with E-state index in [-0.39, 0.29) is 24.5 Å². The van der Waals surface area contributed by atoms with Gasteiger partial charge in [-0.15, -0.1) is 11.3 Å². The predicted octanol–water partition coefficient (Wildman–Crippen LogP) is 4.04. The smallest absolute Gasteiger partial charge is 0.257 e. The molecule has 2 unspecified atom stereocenters. The molecule has 6 nitrogen and oxygen atoms in total. The van der Waals surface area contributed by atoms with Crippen LogP contribution in [0.1, 0.15) is 95.1 Å². The first-order chi connectivity index (χ1) is 15.7. The Bertz CT molecular complexity index is 941. The zero-order chi connectivity index (χ0) is 22.1. The van der Waals surface area contributed by atoms with Crippen molar-refractivity contribution in [3.8, 4) is 0 Å². The molecule has 0 aromatic carbocycles. The van der Waals surface area contributed by atoms with Crippen molar-refractivity contribution in [1.29, 1.82) is 0 Å². The second-order valence-corrected chi connectivity index (χ2v) is 10.7. The van der Waals surface area contributed by atoms with Crippen molar-refractivity contribution >= 4 is 23.2 Å². The van der Waals surface area contributed by atoms with Crippen LogP contribution in [0.3, 0.4) is 0 Å². The molecule has 1 aromatic heterocycles. The van der Waals surface area contributed by atoms with Crippen molar-refractivity contribution in [2.45, 2.75) is 108 Å². The van der Waals surface area contributed by atoms with Crippen LogP contribution in [-0.4, -0.2) is 45.1 Å². The summed E-state index contributed by atoms with van der Waals surface area (Å²) in [6.45, 7) is 0.653. The zero-order valence-corrected chi connectivity index (χ0v) is 19.7. The molecule has 3 aliphatic carbocycles. The van der Waals surface area contributed by atoms with Crippen LogP contribution in [0, 0.1) is 0 Å². The molecule has 2 atom stereocenters. The Morgan fingerprint density at radius 3 is 2.34 bits per heavy atom. The molecule has 7 heteroatoms. The molecule has 2 fully saturated rings. The Morgan fingerprint density at radius 2 is 1.66 bits per heavy atom. The highest BCUT2D eigenvalue weighted by Crippen LogP contribution is 2.40. The number of hydrogen-bond acceptors (Lipinski definition) is 5. The summed E-state index contributed by atoms with van der Waals surface area (Å²) < 4.78 is 2.21. The molecule has 32 heavy (non-hydrogen) atoms. The minimum atomic E-state index is -0.0168. The number of aliphatic hydroxyl groups is 1. The molecular weight excluding hydrogens is 422 g/mol. The first kappa shape index (κ1) is 22.1. The molecule has 2 heterocycles. The lowest BCUT2D eigenvalue weighted by molar-refractivity contribution is -0.141. The van der Waals surface area contributed by atoms with Gasteiger partial charge in [0.15, 0.2) is 4.80 Å². The van der Waals surface area contributed by atoms with Crippen LogP contribution in [0.2, 0.25) is 0 Å². The highest BCUT2D eigenvalue weighted by atomic mass is 32.1. The van der Waals surface area contributed by atoms with Gasteiger partial charge in [0.1, 0.15) is 0 Å². The van der Waals surface area contributed by atoms with E-state index >= 15 is 0 Å². The van der Waals surface area contributed by atoms with Gasteiger partial charge in [-0.25, -0.2) is 0 Å². The zero-order valence-electron chi connectivity index (χ0n) is 18.9. The summed E-state index contributed by atoms with van der Waals surface area (Å²) in [4.78, 5) is 33.9. The highest BCUT2D eigenvalue weighted by Gasteiger charge is 2.43. The largest absolute Gasteiger partial charge is 0.395 e. The Hall–Kier alpha value is -1.73. The van der Waals surface area contributed by atoms with Crippen molar-refractivity contribution in [2.24, 2.45) is 4.99 Å². The van der Waals surface area contributed by atoms with Crippen molar-refractivity contribution < 1.29 is 14.7 Å². The highest BCUT2D eigenvalue weighted by molar-refractivity contribution is 7.07. The number of rotatable bonds is 5. The molecule has 1 aliphatic heterocycles. The summed E-state index contributed by atoms with van der Waals surface area (Å²) >= 11 is 1.68. The molecule has 2 amide bonds. The van der Waals surface area contributed by atoms with Crippen LogP contribution in [0.25, 0.3) is 0 Å². The van der Waals surface area contributed by atoms with Gasteiger partial charge in [-0.1, -0.05) is 25.7 Å². The number of imide groups is 1. The number of carbonyl (C=O) groups is 2. The Labute approximate surface area is 194 Å². The molecule has 5 rings (SSSR count). The van der Waals surface area contributed by atoms with E-state index in [0.717, 1.165) is 80.2 Å². The molecule has 0 radical (unpaired) electrons. The molecule has 174 valence electrons. The first-order valence-corrected chi connectivity index (χ1v) is 13.5. The number of thiazole rings is 1. The molecule has 2 saturated carbocycles. The van der Waals surface area contributed by atoms with Crippen LogP contribution in [-0.2, 0) is 16.1 Å². The second kappa shape index (κ2) is 9.64. The lowest BCUT2D eigenvalue weighted by Gasteiger charge is -2.34. The van der Waals surface area contributed by atoms with Crippen LogP contribution in [0.15, 0.2) is 21.5 Å². The van der Waals surface area contributed by atoms with Crippen LogP contribution >= 0.6 is 11.3 Å². The molecule has 4 aliphatic rings. The Kier molecular flexibility index (Phi) is 6.65. The maximum absolute atomic E-state index is 13.1.